The summed E-state index contributed by atoms with van der Waals surface area (Å²) in [6, 6.07) is 8.29. The molecule has 0 saturated carbocycles. The maximum absolute atomic E-state index is 13.6. The number of aryl methyl sites for hydroxylation is 1. The maximum atomic E-state index is 13.6. The number of aromatic amines is 1. The van der Waals surface area contributed by atoms with Crippen molar-refractivity contribution in [3.8, 4) is 5.75 Å². The molecule has 1 atom stereocenters. The smallest absolute Gasteiger partial charge is 0.266 e. The standard InChI is InChI=1S/C20H21FN4O2S/c1-13-19(28-12-22-13)20(26)25-9-4-6-17(25)16-11-14(23-24-16)8-10-27-18-7-3-2-5-15(18)21/h2-3,5,7,11-12,17H,4,6,8-10H2,1H3,(H,23,24)/t17-/m1/s1. The topological polar surface area (TPSA) is 71.1 Å². The lowest BCUT2D eigenvalue weighted by Gasteiger charge is -2.22. The predicted octanol–water partition coefficient (Wildman–Crippen LogP) is 3.91. The Hall–Kier alpha value is -2.74. The number of H-pyrrole nitrogens is 1. The number of ether oxygens (including phenoxy) is 1. The molecule has 0 unspecified atom stereocenters. The van der Waals surface area contributed by atoms with Gasteiger partial charge in [0.25, 0.3) is 5.91 Å². The molecule has 1 amide bonds. The molecule has 3 heterocycles. The van der Waals surface area contributed by atoms with Gasteiger partial charge in [-0.05, 0) is 38.0 Å². The van der Waals surface area contributed by atoms with Gasteiger partial charge in [0.1, 0.15) is 4.88 Å². The normalized spacial score (nSPS) is 16.5. The van der Waals surface area contributed by atoms with Crippen LogP contribution in [0.3, 0.4) is 0 Å². The molecular weight excluding hydrogens is 379 g/mol. The molecule has 1 fully saturated rings. The van der Waals surface area contributed by atoms with Gasteiger partial charge in [-0.1, -0.05) is 12.1 Å². The number of para-hydroxylation sites is 1. The van der Waals surface area contributed by atoms with Gasteiger partial charge in [-0.2, -0.15) is 5.10 Å². The van der Waals surface area contributed by atoms with E-state index >= 15 is 0 Å². The number of thiazole rings is 1. The summed E-state index contributed by atoms with van der Waals surface area (Å²) in [7, 11) is 0. The Balaban J connectivity index is 1.40. The van der Waals surface area contributed by atoms with Crippen LogP contribution in [0.5, 0.6) is 5.75 Å². The van der Waals surface area contributed by atoms with E-state index in [2.05, 4.69) is 15.2 Å². The molecule has 1 aromatic carbocycles. The van der Waals surface area contributed by atoms with Crippen molar-refractivity contribution in [2.75, 3.05) is 13.2 Å². The third-order valence-electron chi connectivity index (χ3n) is 4.91. The van der Waals surface area contributed by atoms with Gasteiger partial charge in [0.15, 0.2) is 11.6 Å². The molecule has 0 bridgehead atoms. The van der Waals surface area contributed by atoms with Crippen LogP contribution in [-0.2, 0) is 6.42 Å². The Morgan fingerprint density at radius 2 is 2.29 bits per heavy atom. The summed E-state index contributed by atoms with van der Waals surface area (Å²) in [4.78, 5) is 19.6. The van der Waals surface area contributed by atoms with E-state index in [1.807, 2.05) is 17.9 Å². The number of likely N-dealkylation sites (tertiary alicyclic amines) is 1. The third-order valence-corrected chi connectivity index (χ3v) is 5.83. The highest BCUT2D eigenvalue weighted by Gasteiger charge is 2.33. The minimum Gasteiger partial charge on any atom is -0.490 e. The number of carbonyl (C=O) groups excluding carboxylic acids is 1. The van der Waals surface area contributed by atoms with E-state index in [1.165, 1.54) is 17.4 Å². The zero-order valence-corrected chi connectivity index (χ0v) is 16.3. The van der Waals surface area contributed by atoms with Crippen LogP contribution < -0.4 is 4.74 Å². The number of benzene rings is 1. The van der Waals surface area contributed by atoms with Gasteiger partial charge >= 0.3 is 0 Å². The number of nitrogens with zero attached hydrogens (tertiary/aromatic N) is 3. The van der Waals surface area contributed by atoms with Gasteiger partial charge < -0.3 is 9.64 Å². The van der Waals surface area contributed by atoms with Crippen molar-refractivity contribution < 1.29 is 13.9 Å². The average molecular weight is 400 g/mol. The number of hydrogen-bond acceptors (Lipinski definition) is 5. The molecule has 6 nitrogen and oxygen atoms in total. The molecule has 28 heavy (non-hydrogen) atoms. The van der Waals surface area contributed by atoms with Crippen molar-refractivity contribution in [2.24, 2.45) is 0 Å². The first-order valence-corrected chi connectivity index (χ1v) is 10.1. The number of amides is 1. The Bertz CT molecular complexity index is 971. The van der Waals surface area contributed by atoms with Crippen molar-refractivity contribution in [1.82, 2.24) is 20.1 Å². The molecular formula is C20H21FN4O2S. The minimum absolute atomic E-state index is 0.0231. The highest BCUT2D eigenvalue weighted by molar-refractivity contribution is 7.11. The van der Waals surface area contributed by atoms with Crippen LogP contribution >= 0.6 is 11.3 Å². The molecule has 1 N–H and O–H groups in total. The molecule has 1 saturated heterocycles. The largest absolute Gasteiger partial charge is 0.490 e. The molecule has 1 aliphatic rings. The summed E-state index contributed by atoms with van der Waals surface area (Å²) in [6.07, 6.45) is 2.42. The Morgan fingerprint density at radius 1 is 1.43 bits per heavy atom. The monoisotopic (exact) mass is 400 g/mol. The summed E-state index contributed by atoms with van der Waals surface area (Å²) in [5, 5.41) is 7.43. The Morgan fingerprint density at radius 3 is 3.07 bits per heavy atom. The molecule has 0 radical (unpaired) electrons. The summed E-state index contributed by atoms with van der Waals surface area (Å²) >= 11 is 1.38. The number of aromatic nitrogens is 3. The number of hydrogen-bond donors (Lipinski definition) is 1. The zero-order chi connectivity index (χ0) is 19.5. The first-order valence-electron chi connectivity index (χ1n) is 9.26. The quantitative estimate of drug-likeness (QED) is 0.681. The second-order valence-electron chi connectivity index (χ2n) is 6.77. The summed E-state index contributed by atoms with van der Waals surface area (Å²) in [5.74, 6) is -0.101. The van der Waals surface area contributed by atoms with Crippen LogP contribution in [0.2, 0.25) is 0 Å². The van der Waals surface area contributed by atoms with E-state index in [9.17, 15) is 9.18 Å². The van der Waals surface area contributed by atoms with Gasteiger partial charge in [-0.15, -0.1) is 11.3 Å². The first kappa shape index (κ1) is 18.6. The first-order chi connectivity index (χ1) is 13.6. The lowest BCUT2D eigenvalue weighted by Crippen LogP contribution is -2.30. The van der Waals surface area contributed by atoms with Crippen molar-refractivity contribution in [3.05, 3.63) is 63.6 Å². The third kappa shape index (κ3) is 3.77. The van der Waals surface area contributed by atoms with E-state index in [0.717, 1.165) is 36.5 Å². The van der Waals surface area contributed by atoms with Crippen molar-refractivity contribution in [3.63, 3.8) is 0 Å². The molecule has 2 aromatic heterocycles. The van der Waals surface area contributed by atoms with Crippen LogP contribution in [0.25, 0.3) is 0 Å². The van der Waals surface area contributed by atoms with Crippen molar-refractivity contribution in [2.45, 2.75) is 32.2 Å². The SMILES string of the molecule is Cc1ncsc1C(=O)N1CCC[C@@H]1c1cc(CCOc2ccccc2F)[nH]n1. The zero-order valence-electron chi connectivity index (χ0n) is 15.5. The van der Waals surface area contributed by atoms with E-state index in [0.29, 0.717) is 17.9 Å². The molecule has 3 aromatic rings. The Labute approximate surface area is 166 Å². The van der Waals surface area contributed by atoms with E-state index in [4.69, 9.17) is 4.74 Å². The fourth-order valence-corrected chi connectivity index (χ4v) is 4.22. The highest BCUT2D eigenvalue weighted by Crippen LogP contribution is 2.33. The second kappa shape index (κ2) is 8.10. The van der Waals surface area contributed by atoms with E-state index in [-0.39, 0.29) is 23.5 Å². The van der Waals surface area contributed by atoms with Gasteiger partial charge in [-0.3, -0.25) is 9.89 Å². The number of rotatable bonds is 6. The van der Waals surface area contributed by atoms with Crippen LogP contribution in [0.15, 0.2) is 35.8 Å². The van der Waals surface area contributed by atoms with Crippen molar-refractivity contribution >= 4 is 17.2 Å². The maximum Gasteiger partial charge on any atom is 0.266 e. The lowest BCUT2D eigenvalue weighted by molar-refractivity contribution is 0.0737. The molecule has 0 aliphatic carbocycles. The van der Waals surface area contributed by atoms with Crippen molar-refractivity contribution in [1.29, 1.82) is 0 Å². The molecule has 8 heteroatoms. The number of halogens is 1. The van der Waals surface area contributed by atoms with Crippen LogP contribution in [0.1, 0.15) is 45.6 Å². The van der Waals surface area contributed by atoms with Gasteiger partial charge in [0, 0.05) is 18.7 Å². The number of carbonyl (C=O) groups is 1. The van der Waals surface area contributed by atoms with Gasteiger partial charge in [0.2, 0.25) is 0 Å². The van der Waals surface area contributed by atoms with Crippen LogP contribution in [0.4, 0.5) is 4.39 Å². The predicted molar refractivity (Wildman–Crippen MR) is 104 cm³/mol. The summed E-state index contributed by atoms with van der Waals surface area (Å²) < 4.78 is 19.1. The van der Waals surface area contributed by atoms with Gasteiger partial charge in [-0.25, -0.2) is 9.37 Å². The van der Waals surface area contributed by atoms with E-state index < -0.39 is 0 Å². The van der Waals surface area contributed by atoms with Gasteiger partial charge in [0.05, 0.1) is 29.5 Å². The minimum atomic E-state index is -0.369. The Kier molecular flexibility index (Phi) is 5.38. The fraction of sp³-hybridized carbons (Fsp3) is 0.350. The molecule has 146 valence electrons. The summed E-state index contributed by atoms with van der Waals surface area (Å²) in [5.41, 5.74) is 4.23. The van der Waals surface area contributed by atoms with E-state index in [1.54, 1.807) is 23.7 Å². The number of nitrogens with one attached hydrogen (secondary N) is 1. The highest BCUT2D eigenvalue weighted by atomic mass is 32.1. The lowest BCUT2D eigenvalue weighted by atomic mass is 10.1. The fourth-order valence-electron chi connectivity index (χ4n) is 3.47. The van der Waals surface area contributed by atoms with Crippen LogP contribution in [-0.4, -0.2) is 39.1 Å². The second-order valence-corrected chi connectivity index (χ2v) is 7.63. The molecule has 4 rings (SSSR count). The van der Waals surface area contributed by atoms with Crippen LogP contribution in [0, 0.1) is 12.7 Å². The average Bonchev–Trinajstić information content (AvgIpc) is 3.43. The summed E-state index contributed by atoms with van der Waals surface area (Å²) in [6.45, 7) is 2.92. The molecule has 1 aliphatic heterocycles. The molecule has 0 spiro atoms.